The lowest BCUT2D eigenvalue weighted by Crippen LogP contribution is -2.48. The summed E-state index contributed by atoms with van der Waals surface area (Å²) in [4.78, 5) is 13.9. The maximum absolute atomic E-state index is 11.5. The summed E-state index contributed by atoms with van der Waals surface area (Å²) in [6.07, 6.45) is 8.01. The van der Waals surface area contributed by atoms with Crippen LogP contribution in [0.5, 0.6) is 0 Å². The molecule has 0 atom stereocenters. The Morgan fingerprint density at radius 3 is 2.32 bits per heavy atom. The van der Waals surface area contributed by atoms with Crippen molar-refractivity contribution in [2.75, 3.05) is 26.2 Å². The molecule has 150 valence electrons. The quantitative estimate of drug-likeness (QED) is 0.688. The first-order valence-corrected chi connectivity index (χ1v) is 10.7. The number of rotatable bonds is 9. The fourth-order valence-electron chi connectivity index (χ4n) is 4.57. The van der Waals surface area contributed by atoms with Crippen LogP contribution in [0.25, 0.3) is 0 Å². The Balaban J connectivity index is 1.39. The van der Waals surface area contributed by atoms with E-state index in [1.807, 2.05) is 0 Å². The average molecular weight is 382 g/mol. The maximum Gasteiger partial charge on any atom is 0.310 e. The van der Waals surface area contributed by atoms with Gasteiger partial charge < -0.3 is 15.3 Å². The number of nitrogens with zero attached hydrogens (tertiary/aromatic N) is 2. The number of benzene rings is 1. The monoisotopic (exact) mass is 381 g/mol. The summed E-state index contributed by atoms with van der Waals surface area (Å²) in [6.45, 7) is 3.76. The smallest absolute Gasteiger partial charge is 0.310 e. The van der Waals surface area contributed by atoms with E-state index in [0.717, 1.165) is 63.8 Å². The maximum atomic E-state index is 11.5. The van der Waals surface area contributed by atoms with Crippen molar-refractivity contribution in [2.24, 2.45) is 10.8 Å². The minimum absolute atomic E-state index is 0.246. The van der Waals surface area contributed by atoms with Crippen LogP contribution in [0.1, 0.15) is 49.7 Å². The molecule has 1 aromatic rings. The second-order valence-electron chi connectivity index (χ2n) is 9.34. The Labute approximate surface area is 167 Å². The number of aliphatic carboxylic acids is 1. The van der Waals surface area contributed by atoms with Gasteiger partial charge in [0.05, 0.1) is 17.9 Å². The molecular formula is C23H31N3O2. The number of nitrogens with one attached hydrogen (secondary N) is 1. The van der Waals surface area contributed by atoms with E-state index in [1.54, 1.807) is 0 Å². The van der Waals surface area contributed by atoms with E-state index in [-0.39, 0.29) is 5.41 Å². The molecule has 1 aromatic carbocycles. The Morgan fingerprint density at radius 2 is 1.79 bits per heavy atom. The van der Waals surface area contributed by atoms with E-state index in [0.29, 0.717) is 12.5 Å². The van der Waals surface area contributed by atoms with Gasteiger partial charge in [-0.1, -0.05) is 24.3 Å². The number of piperidine rings is 1. The molecule has 5 nitrogen and oxygen atoms in total. The van der Waals surface area contributed by atoms with Crippen LogP contribution in [-0.2, 0) is 17.6 Å². The molecule has 1 saturated heterocycles. The first-order valence-electron chi connectivity index (χ1n) is 10.7. The molecule has 0 bridgehead atoms. The first kappa shape index (κ1) is 19.4. The molecule has 0 amide bonds. The average Bonchev–Trinajstić information content (AvgIpc) is 3.60. The van der Waals surface area contributed by atoms with E-state index in [2.05, 4.69) is 40.6 Å². The predicted octanol–water partition coefficient (Wildman–Crippen LogP) is 2.99. The third kappa shape index (κ3) is 4.56. The zero-order valence-corrected chi connectivity index (χ0v) is 16.6. The molecule has 3 aliphatic rings. The fourth-order valence-corrected chi connectivity index (χ4v) is 4.57. The lowest BCUT2D eigenvalue weighted by molar-refractivity contribution is -0.144. The summed E-state index contributed by atoms with van der Waals surface area (Å²) >= 11 is 0. The van der Waals surface area contributed by atoms with E-state index in [1.165, 1.54) is 18.4 Å². The topological polar surface area (TPSA) is 76.4 Å². The SMILES string of the molecule is N#CCc1ccc(CC2(CNC3CC3)CCN(CC3(C(=O)O)CC3)CC2)cc1. The van der Waals surface area contributed by atoms with Gasteiger partial charge in [-0.2, -0.15) is 5.26 Å². The summed E-state index contributed by atoms with van der Waals surface area (Å²) in [5.74, 6) is -0.614. The van der Waals surface area contributed by atoms with E-state index < -0.39 is 11.4 Å². The molecule has 5 heteroatoms. The number of carbonyl (C=O) groups is 1. The molecule has 0 aromatic heterocycles. The zero-order chi connectivity index (χ0) is 19.6. The standard InChI is InChI=1S/C23H31N3O2/c24-12-7-18-1-3-19(4-2-18)15-22(16-25-20-5-6-20)10-13-26(14-11-22)17-23(8-9-23)21(27)28/h1-4,20,25H,5-11,13-17H2,(H,27,28). The highest BCUT2D eigenvalue weighted by Crippen LogP contribution is 2.47. The van der Waals surface area contributed by atoms with Crippen LogP contribution in [-0.4, -0.2) is 48.2 Å². The Morgan fingerprint density at radius 1 is 1.14 bits per heavy atom. The van der Waals surface area contributed by atoms with Crippen LogP contribution in [0.2, 0.25) is 0 Å². The van der Waals surface area contributed by atoms with E-state index in [4.69, 9.17) is 5.26 Å². The van der Waals surface area contributed by atoms with E-state index in [9.17, 15) is 9.90 Å². The summed E-state index contributed by atoms with van der Waals surface area (Å²) < 4.78 is 0. The number of carboxylic acid groups (broad SMARTS) is 1. The van der Waals surface area contributed by atoms with Crippen LogP contribution >= 0.6 is 0 Å². The van der Waals surface area contributed by atoms with Gasteiger partial charge in [0, 0.05) is 19.1 Å². The van der Waals surface area contributed by atoms with Crippen LogP contribution in [0, 0.1) is 22.2 Å². The Hall–Kier alpha value is -1.90. The van der Waals surface area contributed by atoms with Gasteiger partial charge >= 0.3 is 5.97 Å². The van der Waals surface area contributed by atoms with Gasteiger partial charge in [0.25, 0.3) is 0 Å². The summed E-state index contributed by atoms with van der Waals surface area (Å²) in [7, 11) is 0. The predicted molar refractivity (Wildman–Crippen MR) is 108 cm³/mol. The van der Waals surface area contributed by atoms with Gasteiger partial charge in [-0.3, -0.25) is 4.79 Å². The number of hydrogen-bond donors (Lipinski definition) is 2. The molecule has 0 spiro atoms. The van der Waals surface area contributed by atoms with Crippen molar-refractivity contribution >= 4 is 5.97 Å². The molecule has 1 heterocycles. The molecule has 2 aliphatic carbocycles. The molecule has 0 radical (unpaired) electrons. The molecule has 2 N–H and O–H groups in total. The highest BCUT2D eigenvalue weighted by atomic mass is 16.4. The highest BCUT2D eigenvalue weighted by molar-refractivity contribution is 5.78. The largest absolute Gasteiger partial charge is 0.481 e. The van der Waals surface area contributed by atoms with Crippen molar-refractivity contribution in [1.82, 2.24) is 10.2 Å². The lowest BCUT2D eigenvalue weighted by Gasteiger charge is -2.43. The van der Waals surface area contributed by atoms with Crippen LogP contribution < -0.4 is 5.32 Å². The van der Waals surface area contributed by atoms with Crippen LogP contribution in [0.15, 0.2) is 24.3 Å². The number of nitriles is 1. The molecule has 2 saturated carbocycles. The number of likely N-dealkylation sites (tertiary alicyclic amines) is 1. The number of hydrogen-bond acceptors (Lipinski definition) is 4. The van der Waals surface area contributed by atoms with Gasteiger partial charge in [-0.15, -0.1) is 0 Å². The van der Waals surface area contributed by atoms with Crippen LogP contribution in [0.3, 0.4) is 0 Å². The van der Waals surface area contributed by atoms with Crippen molar-refractivity contribution in [3.63, 3.8) is 0 Å². The van der Waals surface area contributed by atoms with Gasteiger partial charge in [-0.25, -0.2) is 0 Å². The van der Waals surface area contributed by atoms with Crippen molar-refractivity contribution in [1.29, 1.82) is 5.26 Å². The van der Waals surface area contributed by atoms with E-state index >= 15 is 0 Å². The minimum Gasteiger partial charge on any atom is -0.481 e. The van der Waals surface area contributed by atoms with Crippen molar-refractivity contribution in [3.05, 3.63) is 35.4 Å². The highest BCUT2D eigenvalue weighted by Gasteiger charge is 2.51. The second-order valence-corrected chi connectivity index (χ2v) is 9.34. The van der Waals surface area contributed by atoms with Crippen molar-refractivity contribution < 1.29 is 9.90 Å². The summed E-state index contributed by atoms with van der Waals surface area (Å²) in [5, 5.41) is 22.1. The Bertz CT molecular complexity index is 736. The van der Waals surface area contributed by atoms with Crippen molar-refractivity contribution in [3.8, 4) is 6.07 Å². The van der Waals surface area contributed by atoms with Crippen molar-refractivity contribution in [2.45, 2.75) is 57.4 Å². The van der Waals surface area contributed by atoms with Gasteiger partial charge in [0.2, 0.25) is 0 Å². The fraction of sp³-hybridized carbons (Fsp3) is 0.652. The van der Waals surface area contributed by atoms with Gasteiger partial charge in [0.15, 0.2) is 0 Å². The second kappa shape index (κ2) is 7.85. The molecular weight excluding hydrogens is 350 g/mol. The first-order chi connectivity index (χ1) is 13.5. The normalized spacial score (nSPS) is 23.1. The minimum atomic E-state index is -0.614. The molecule has 4 rings (SSSR count). The zero-order valence-electron chi connectivity index (χ0n) is 16.6. The third-order valence-electron chi connectivity index (χ3n) is 6.98. The summed E-state index contributed by atoms with van der Waals surface area (Å²) in [5.41, 5.74) is 2.21. The number of carboxylic acids is 1. The molecule has 3 fully saturated rings. The third-order valence-corrected chi connectivity index (χ3v) is 6.98. The Kier molecular flexibility index (Phi) is 5.44. The van der Waals surface area contributed by atoms with Crippen LogP contribution in [0.4, 0.5) is 0 Å². The summed E-state index contributed by atoms with van der Waals surface area (Å²) in [6, 6.07) is 11.4. The lowest BCUT2D eigenvalue weighted by atomic mass is 9.73. The van der Waals surface area contributed by atoms with Gasteiger partial charge in [-0.05, 0) is 74.6 Å². The molecule has 28 heavy (non-hydrogen) atoms. The molecule has 1 aliphatic heterocycles. The molecule has 0 unspecified atom stereocenters. The van der Waals surface area contributed by atoms with Gasteiger partial charge in [0.1, 0.15) is 0 Å².